The van der Waals surface area contributed by atoms with E-state index in [1.165, 1.54) is 7.11 Å². The fraction of sp³-hybridized carbons (Fsp3) is 0.448. The first kappa shape index (κ1) is 32.1. The zero-order valence-electron chi connectivity index (χ0n) is 23.0. The molecule has 2 aromatic carbocycles. The summed E-state index contributed by atoms with van der Waals surface area (Å²) < 4.78 is 99.3. The van der Waals surface area contributed by atoms with Crippen LogP contribution < -0.4 is 10.6 Å². The molecule has 0 aliphatic carbocycles. The van der Waals surface area contributed by atoms with Crippen LogP contribution in [0.1, 0.15) is 22.4 Å². The Morgan fingerprint density at radius 1 is 1.12 bits per heavy atom. The van der Waals surface area contributed by atoms with Gasteiger partial charge in [0.2, 0.25) is 6.35 Å². The van der Waals surface area contributed by atoms with Crippen LogP contribution in [-0.2, 0) is 21.9 Å². The van der Waals surface area contributed by atoms with Gasteiger partial charge in [0, 0.05) is 25.4 Å². The van der Waals surface area contributed by atoms with Crippen molar-refractivity contribution in [2.24, 2.45) is 5.92 Å². The molecule has 5 nitrogen and oxygen atoms in total. The van der Waals surface area contributed by atoms with E-state index in [0.717, 1.165) is 22.6 Å². The van der Waals surface area contributed by atoms with Crippen LogP contribution in [0.15, 0.2) is 42.5 Å². The maximum Gasteiger partial charge on any atom is 0.394 e. The minimum Gasteiger partial charge on any atom is -0.380 e. The van der Waals surface area contributed by atoms with Crippen molar-refractivity contribution < 1.29 is 35.6 Å². The summed E-state index contributed by atoms with van der Waals surface area (Å²) in [6.45, 7) is 0.482. The topological polar surface area (TPSA) is 53.6 Å². The molecule has 0 spiro atoms. The Labute approximate surface area is 245 Å². The zero-order valence-corrected chi connectivity index (χ0v) is 24.7. The SMILES string of the molecule is COC[P+](=O)Cc1ccc(NCC#Cc2sc3c(NC4CCN(C)CC4C(F)(F)F)cccc3c2CC(F)(F)F)cc1. The number of hydrogen-bond donors (Lipinski definition) is 2. The molecule has 2 N–H and O–H groups in total. The molecule has 1 fully saturated rings. The standard InChI is InChI=1S/C29H31F6N3O2PS/c1-38-14-12-24(23(16-38)29(33,34)35)37-25-6-3-5-21-22(15-28(30,31)32)26(42-27(21)25)7-4-13-36-20-10-8-19(9-11-20)17-41(39)18-40-2/h3,5-6,8-11,23-24,36-37H,12-18H2,1-2H3/q+1. The number of ether oxygens (including phenoxy) is 1. The van der Waals surface area contributed by atoms with Gasteiger partial charge in [0.1, 0.15) is 0 Å². The highest BCUT2D eigenvalue weighted by atomic mass is 32.1. The average molecular weight is 631 g/mol. The van der Waals surface area contributed by atoms with Crippen molar-refractivity contribution in [2.45, 2.75) is 37.4 Å². The van der Waals surface area contributed by atoms with Crippen molar-refractivity contribution in [3.8, 4) is 11.8 Å². The first-order valence-corrected chi connectivity index (χ1v) is 15.6. The average Bonchev–Trinajstić information content (AvgIpc) is 3.24. The monoisotopic (exact) mass is 630 g/mol. The number of thiophene rings is 1. The Kier molecular flexibility index (Phi) is 10.4. The summed E-state index contributed by atoms with van der Waals surface area (Å²) in [6.07, 6.45) is -9.27. The summed E-state index contributed by atoms with van der Waals surface area (Å²) in [5.41, 5.74) is 2.02. The van der Waals surface area contributed by atoms with Gasteiger partial charge in [-0.25, -0.2) is 0 Å². The van der Waals surface area contributed by atoms with Crippen LogP contribution >= 0.6 is 19.1 Å². The van der Waals surface area contributed by atoms with Gasteiger partial charge >= 0.3 is 20.2 Å². The number of methoxy groups -OCH3 is 1. The van der Waals surface area contributed by atoms with Crippen molar-refractivity contribution in [2.75, 3.05) is 50.8 Å². The van der Waals surface area contributed by atoms with Crippen LogP contribution in [0, 0.1) is 17.8 Å². The molecule has 4 rings (SSSR count). The largest absolute Gasteiger partial charge is 0.394 e. The van der Waals surface area contributed by atoms with E-state index >= 15 is 0 Å². The van der Waals surface area contributed by atoms with Gasteiger partial charge in [0.05, 0.1) is 34.1 Å². The number of anilines is 2. The number of nitrogens with zero attached hydrogens (tertiary/aromatic N) is 1. The molecule has 1 aromatic heterocycles. The predicted octanol–water partition coefficient (Wildman–Crippen LogP) is 7.70. The van der Waals surface area contributed by atoms with Crippen molar-refractivity contribution in [1.82, 2.24) is 4.90 Å². The lowest BCUT2D eigenvalue weighted by Gasteiger charge is -2.38. The minimum atomic E-state index is -4.49. The van der Waals surface area contributed by atoms with Crippen LogP contribution in [0.4, 0.5) is 37.7 Å². The quantitative estimate of drug-likeness (QED) is 0.144. The highest BCUT2D eigenvalue weighted by Crippen LogP contribution is 2.41. The summed E-state index contributed by atoms with van der Waals surface area (Å²) in [6, 6.07) is 11.1. The lowest BCUT2D eigenvalue weighted by Crippen LogP contribution is -2.50. The third kappa shape index (κ3) is 8.60. The zero-order chi connectivity index (χ0) is 30.5. The van der Waals surface area contributed by atoms with E-state index < -0.39 is 38.5 Å². The molecule has 13 heteroatoms. The second-order valence-corrected chi connectivity index (χ2v) is 12.8. The van der Waals surface area contributed by atoms with Crippen LogP contribution in [0.25, 0.3) is 10.1 Å². The van der Waals surface area contributed by atoms with E-state index in [1.54, 1.807) is 42.3 Å². The highest BCUT2D eigenvalue weighted by molar-refractivity contribution is 7.43. The number of hydrogen-bond acceptors (Lipinski definition) is 6. The number of halogens is 6. The van der Waals surface area contributed by atoms with E-state index in [0.29, 0.717) is 28.5 Å². The molecular weight excluding hydrogens is 599 g/mol. The second kappa shape index (κ2) is 13.6. The number of benzene rings is 2. The Morgan fingerprint density at radius 3 is 2.52 bits per heavy atom. The van der Waals surface area contributed by atoms with Crippen molar-refractivity contribution in [1.29, 1.82) is 0 Å². The summed E-state index contributed by atoms with van der Waals surface area (Å²) >= 11 is 1.05. The normalized spacial score (nSPS) is 18.4. The van der Waals surface area contributed by atoms with E-state index in [2.05, 4.69) is 22.5 Å². The van der Waals surface area contributed by atoms with Crippen LogP contribution in [0.3, 0.4) is 0 Å². The maximum absolute atomic E-state index is 13.8. The van der Waals surface area contributed by atoms with Crippen LogP contribution in [-0.4, -0.2) is 63.4 Å². The molecular formula is C29H31F6N3O2PS+. The summed E-state index contributed by atoms with van der Waals surface area (Å²) in [7, 11) is 1.64. The molecule has 3 unspecified atom stereocenters. The Morgan fingerprint density at radius 2 is 1.86 bits per heavy atom. The Balaban J connectivity index is 1.55. The molecule has 3 aromatic rings. The van der Waals surface area contributed by atoms with E-state index in [4.69, 9.17) is 4.74 Å². The first-order chi connectivity index (χ1) is 19.8. The summed E-state index contributed by atoms with van der Waals surface area (Å²) in [5, 5.41) is 6.44. The van der Waals surface area contributed by atoms with Crippen molar-refractivity contribution in [3.63, 3.8) is 0 Å². The maximum atomic E-state index is 13.8. The van der Waals surface area contributed by atoms with Gasteiger partial charge in [-0.2, -0.15) is 26.3 Å². The molecule has 0 amide bonds. The highest BCUT2D eigenvalue weighted by Gasteiger charge is 2.47. The number of piperidine rings is 1. The molecule has 1 aliphatic rings. The predicted molar refractivity (Wildman–Crippen MR) is 156 cm³/mol. The van der Waals surface area contributed by atoms with Crippen LogP contribution in [0.5, 0.6) is 0 Å². The van der Waals surface area contributed by atoms with Gasteiger partial charge < -0.3 is 20.3 Å². The summed E-state index contributed by atoms with van der Waals surface area (Å²) in [4.78, 5) is 1.86. The third-order valence-corrected chi connectivity index (χ3v) is 9.40. The van der Waals surface area contributed by atoms with Crippen molar-refractivity contribution >= 4 is 40.6 Å². The lowest BCUT2D eigenvalue weighted by atomic mass is 9.91. The molecule has 0 bridgehead atoms. The summed E-state index contributed by atoms with van der Waals surface area (Å²) in [5.74, 6) is 4.13. The van der Waals surface area contributed by atoms with Crippen LogP contribution in [0.2, 0.25) is 0 Å². The fourth-order valence-electron chi connectivity index (χ4n) is 4.97. The number of alkyl halides is 6. The van der Waals surface area contributed by atoms with Gasteiger partial charge in [-0.1, -0.05) is 40.7 Å². The minimum absolute atomic E-state index is 0.0175. The number of nitrogens with one attached hydrogen (secondary N) is 2. The lowest BCUT2D eigenvalue weighted by molar-refractivity contribution is -0.188. The fourth-order valence-corrected chi connectivity index (χ4v) is 7.14. The Hall–Kier alpha value is -2.84. The molecule has 1 saturated heterocycles. The number of fused-ring (bicyclic) bond motifs is 1. The molecule has 1 aliphatic heterocycles. The molecule has 3 atom stereocenters. The van der Waals surface area contributed by atoms with E-state index in [1.807, 2.05) is 12.1 Å². The first-order valence-electron chi connectivity index (χ1n) is 13.2. The van der Waals surface area contributed by atoms with Gasteiger partial charge in [0.15, 0.2) is 6.16 Å². The number of rotatable bonds is 9. The third-order valence-electron chi connectivity index (χ3n) is 6.94. The molecule has 226 valence electrons. The van der Waals surface area contributed by atoms with Gasteiger partial charge in [-0.3, -0.25) is 0 Å². The van der Waals surface area contributed by atoms with Gasteiger partial charge in [-0.05, 0) is 54.7 Å². The Bertz CT molecular complexity index is 1450. The van der Waals surface area contributed by atoms with Gasteiger partial charge in [0.25, 0.3) is 0 Å². The molecule has 42 heavy (non-hydrogen) atoms. The van der Waals surface area contributed by atoms with E-state index in [-0.39, 0.29) is 36.3 Å². The smallest absolute Gasteiger partial charge is 0.380 e. The van der Waals surface area contributed by atoms with Gasteiger partial charge in [-0.15, -0.1) is 11.3 Å². The molecule has 0 saturated carbocycles. The van der Waals surface area contributed by atoms with E-state index in [9.17, 15) is 30.9 Å². The second-order valence-electron chi connectivity index (χ2n) is 10.2. The molecule has 2 heterocycles. The number of likely N-dealkylation sites (tertiary alicyclic amines) is 1. The molecule has 0 radical (unpaired) electrons. The van der Waals surface area contributed by atoms with Crippen molar-refractivity contribution in [3.05, 3.63) is 58.5 Å².